The summed E-state index contributed by atoms with van der Waals surface area (Å²) in [5, 5.41) is 10.9. The van der Waals surface area contributed by atoms with Crippen LogP contribution in [0.4, 0.5) is 30.2 Å². The quantitative estimate of drug-likeness (QED) is 0.0358. The van der Waals surface area contributed by atoms with Crippen LogP contribution >= 0.6 is 22.6 Å². The van der Waals surface area contributed by atoms with Crippen molar-refractivity contribution < 1.29 is 60.9 Å². The largest absolute Gasteiger partial charge is 0.382 e. The summed E-state index contributed by atoms with van der Waals surface area (Å²) in [7, 11) is 0. The molecule has 2 heterocycles. The summed E-state index contributed by atoms with van der Waals surface area (Å²) in [4.78, 5) is 68.7. The molecule has 1 unspecified atom stereocenters. The van der Waals surface area contributed by atoms with Crippen LogP contribution < -0.4 is 26.7 Å². The Labute approximate surface area is 351 Å². The lowest BCUT2D eigenvalue weighted by Crippen LogP contribution is -2.54. The van der Waals surface area contributed by atoms with E-state index in [9.17, 15) is 37.1 Å². The van der Waals surface area contributed by atoms with E-state index in [2.05, 4.69) is 26.7 Å². The van der Waals surface area contributed by atoms with Crippen molar-refractivity contribution >= 4 is 69.2 Å². The number of nitrogens with zero attached hydrogens (tertiary/aromatic N) is 1. The Morgan fingerprint density at radius 3 is 2.17 bits per heavy atom. The van der Waals surface area contributed by atoms with Crippen LogP contribution in [0.3, 0.4) is 0 Å². The van der Waals surface area contributed by atoms with Gasteiger partial charge >= 0.3 is 0 Å². The van der Waals surface area contributed by atoms with Crippen LogP contribution in [0, 0.1) is 21.0 Å². The molecule has 1 fully saturated rings. The van der Waals surface area contributed by atoms with E-state index in [1.54, 1.807) is 18.2 Å². The Kier molecular flexibility index (Phi) is 17.8. The fraction of sp³-hybridized carbons (Fsp3) is 0.410. The van der Waals surface area contributed by atoms with Gasteiger partial charge in [0, 0.05) is 28.8 Å². The number of hydrogen-bond donors (Lipinski definition) is 5. The van der Waals surface area contributed by atoms with E-state index in [0.29, 0.717) is 88.2 Å². The molecule has 2 aliphatic rings. The number of hydroxylamine groups is 1. The van der Waals surface area contributed by atoms with Gasteiger partial charge in [-0.3, -0.25) is 39.0 Å². The molecule has 0 saturated carbocycles. The van der Waals surface area contributed by atoms with Gasteiger partial charge in [-0.1, -0.05) is 6.07 Å². The molecule has 0 aliphatic carbocycles. The number of amides is 5. The van der Waals surface area contributed by atoms with E-state index in [0.717, 1.165) is 17.0 Å². The second-order valence-electron chi connectivity index (χ2n) is 13.0. The molecule has 20 heteroatoms. The minimum atomic E-state index is -1.33. The first-order valence-electron chi connectivity index (χ1n) is 18.8. The summed E-state index contributed by atoms with van der Waals surface area (Å²) >= 11 is 1.91. The van der Waals surface area contributed by atoms with Gasteiger partial charge in [-0.2, -0.15) is 0 Å². The molecule has 2 aliphatic heterocycles. The van der Waals surface area contributed by atoms with Crippen LogP contribution in [0.25, 0.3) is 0 Å². The highest BCUT2D eigenvalue weighted by Gasteiger charge is 2.45. The SMILES string of the molecule is O=C1CCC(N2C(=O)c3cccc(NCCOCCOCCOCCOCCNCCCONC(=O)c4ccc(F)c(F)c4Nc4ccc(I)cc4F)c3C2=O)C(=O)N1. The second kappa shape index (κ2) is 23.2. The average Bonchev–Trinajstić information content (AvgIpc) is 3.47. The molecular formula is C39H44F3IN6O10. The highest BCUT2D eigenvalue weighted by molar-refractivity contribution is 14.1. The van der Waals surface area contributed by atoms with Crippen LogP contribution in [0.15, 0.2) is 48.5 Å². The lowest BCUT2D eigenvalue weighted by Gasteiger charge is -2.27. The van der Waals surface area contributed by atoms with E-state index >= 15 is 0 Å². The van der Waals surface area contributed by atoms with E-state index in [1.807, 2.05) is 22.6 Å². The lowest BCUT2D eigenvalue weighted by molar-refractivity contribution is -0.136. The molecule has 1 saturated heterocycles. The number of imide groups is 2. The maximum atomic E-state index is 14.6. The third kappa shape index (κ3) is 12.9. The molecule has 318 valence electrons. The lowest BCUT2D eigenvalue weighted by atomic mass is 10.0. The summed E-state index contributed by atoms with van der Waals surface area (Å²) in [6.45, 7) is 4.57. The maximum absolute atomic E-state index is 14.6. The molecule has 0 aromatic heterocycles. The van der Waals surface area contributed by atoms with Gasteiger partial charge < -0.3 is 34.9 Å². The number of piperidine rings is 1. The Morgan fingerprint density at radius 1 is 0.780 bits per heavy atom. The van der Waals surface area contributed by atoms with E-state index in [1.165, 1.54) is 18.2 Å². The Bertz CT molecular complexity index is 1980. The summed E-state index contributed by atoms with van der Waals surface area (Å²) in [5.41, 5.74) is 2.13. The zero-order valence-corrected chi connectivity index (χ0v) is 34.0. The van der Waals surface area contributed by atoms with Crippen molar-refractivity contribution in [3.05, 3.63) is 86.2 Å². The molecule has 5 N–H and O–H groups in total. The molecule has 59 heavy (non-hydrogen) atoms. The van der Waals surface area contributed by atoms with Crippen molar-refractivity contribution in [3.63, 3.8) is 0 Å². The molecule has 3 aromatic carbocycles. The predicted molar refractivity (Wildman–Crippen MR) is 215 cm³/mol. The Morgan fingerprint density at radius 2 is 1.47 bits per heavy atom. The topological polar surface area (TPSA) is 195 Å². The van der Waals surface area contributed by atoms with Gasteiger partial charge in [0.2, 0.25) is 11.8 Å². The van der Waals surface area contributed by atoms with Crippen molar-refractivity contribution in [1.82, 2.24) is 21.0 Å². The van der Waals surface area contributed by atoms with E-state index in [-0.39, 0.29) is 41.8 Å². The van der Waals surface area contributed by atoms with Gasteiger partial charge in [-0.05, 0) is 84.4 Å². The number of benzene rings is 3. The molecule has 5 amide bonds. The van der Waals surface area contributed by atoms with Crippen LogP contribution in [0.1, 0.15) is 50.3 Å². The standard InChI is InChI=1S/C39H44F3IN6O10/c40-27-7-6-26(35(34(27)42)46-29-8-5-24(43)23-28(29)41)36(51)48-59-14-2-11-44-12-15-55-17-19-57-21-22-58-20-18-56-16-13-45-30-4-1-3-25-33(30)39(54)49(38(25)53)31-9-10-32(50)47-37(31)52/h1,3-8,23,31,44-46H,2,9-22H2,(H,48,51)(H,47,50,52). The maximum Gasteiger partial charge on any atom is 0.277 e. The van der Waals surface area contributed by atoms with Gasteiger partial charge in [0.1, 0.15) is 11.9 Å². The van der Waals surface area contributed by atoms with E-state index in [4.69, 9.17) is 23.8 Å². The number of rotatable bonds is 25. The smallest absolute Gasteiger partial charge is 0.277 e. The third-order valence-corrected chi connectivity index (χ3v) is 9.54. The summed E-state index contributed by atoms with van der Waals surface area (Å²) in [6.07, 6.45) is 0.657. The number of halogens is 4. The fourth-order valence-electron chi connectivity index (χ4n) is 5.98. The van der Waals surface area contributed by atoms with Crippen molar-refractivity contribution in [2.75, 3.05) is 89.7 Å². The predicted octanol–water partition coefficient (Wildman–Crippen LogP) is 3.67. The monoisotopic (exact) mass is 940 g/mol. The number of anilines is 3. The highest BCUT2D eigenvalue weighted by Crippen LogP contribution is 2.32. The van der Waals surface area contributed by atoms with Crippen molar-refractivity contribution in [3.8, 4) is 0 Å². The summed E-state index contributed by atoms with van der Waals surface area (Å²) in [6, 6.07) is 9.84. The Balaban J connectivity index is 0.821. The molecule has 1 atom stereocenters. The van der Waals surface area contributed by atoms with Crippen LogP contribution in [-0.2, 0) is 33.4 Å². The number of carbonyl (C=O) groups excluding carboxylic acids is 5. The van der Waals surface area contributed by atoms with Gasteiger partial charge in [0.15, 0.2) is 11.6 Å². The fourth-order valence-corrected chi connectivity index (χ4v) is 6.43. The first-order valence-corrected chi connectivity index (χ1v) is 19.9. The van der Waals surface area contributed by atoms with E-state index < -0.39 is 58.7 Å². The summed E-state index contributed by atoms with van der Waals surface area (Å²) in [5.74, 6) is -6.30. The molecule has 0 radical (unpaired) electrons. The molecule has 3 aromatic rings. The minimum absolute atomic E-state index is 0.0474. The minimum Gasteiger partial charge on any atom is -0.382 e. The first kappa shape index (κ1) is 45.4. The average molecular weight is 941 g/mol. The molecule has 0 spiro atoms. The Hall–Kier alpha value is -4.71. The van der Waals surface area contributed by atoms with Crippen molar-refractivity contribution in [1.29, 1.82) is 0 Å². The molecular weight excluding hydrogens is 896 g/mol. The zero-order chi connectivity index (χ0) is 42.1. The van der Waals surface area contributed by atoms with Gasteiger partial charge in [0.05, 0.1) is 87.5 Å². The van der Waals surface area contributed by atoms with Crippen molar-refractivity contribution in [2.24, 2.45) is 0 Å². The number of hydrogen-bond acceptors (Lipinski definition) is 13. The van der Waals surface area contributed by atoms with Crippen LogP contribution in [0.5, 0.6) is 0 Å². The number of fused-ring (bicyclic) bond motifs is 1. The highest BCUT2D eigenvalue weighted by atomic mass is 127. The molecule has 16 nitrogen and oxygen atoms in total. The van der Waals surface area contributed by atoms with Gasteiger partial charge in [-0.25, -0.2) is 18.7 Å². The van der Waals surface area contributed by atoms with Gasteiger partial charge in [0.25, 0.3) is 17.7 Å². The number of carbonyl (C=O) groups is 5. The normalized spacial score (nSPS) is 15.1. The molecule has 5 rings (SSSR count). The van der Waals surface area contributed by atoms with Crippen molar-refractivity contribution in [2.45, 2.75) is 25.3 Å². The zero-order valence-electron chi connectivity index (χ0n) is 31.8. The molecule has 0 bridgehead atoms. The summed E-state index contributed by atoms with van der Waals surface area (Å²) < 4.78 is 65.5. The van der Waals surface area contributed by atoms with Crippen LogP contribution in [0.2, 0.25) is 0 Å². The number of nitrogens with one attached hydrogen (secondary N) is 5. The second-order valence-corrected chi connectivity index (χ2v) is 14.2. The van der Waals surface area contributed by atoms with Crippen LogP contribution in [-0.4, -0.2) is 120 Å². The number of ether oxygens (including phenoxy) is 4. The van der Waals surface area contributed by atoms with Gasteiger partial charge in [-0.15, -0.1) is 0 Å². The third-order valence-electron chi connectivity index (χ3n) is 8.86. The first-order chi connectivity index (χ1) is 28.6.